The molecule has 0 aliphatic carbocycles. The second kappa shape index (κ2) is 11.5. The molecule has 0 aliphatic rings. The van der Waals surface area contributed by atoms with Crippen LogP contribution in [0.1, 0.15) is 27.2 Å². The molecule has 0 aromatic heterocycles. The third-order valence-corrected chi connectivity index (χ3v) is 6.65. The second-order valence-corrected chi connectivity index (χ2v) is 11.3. The normalized spacial score (nSPS) is 12.6. The summed E-state index contributed by atoms with van der Waals surface area (Å²) in [7, 11) is -2.47. The van der Waals surface area contributed by atoms with Crippen LogP contribution in [0.25, 0.3) is 0 Å². The lowest BCUT2D eigenvalue weighted by Gasteiger charge is -2.26. The van der Waals surface area contributed by atoms with Crippen molar-refractivity contribution in [2.75, 3.05) is 24.7 Å². The highest BCUT2D eigenvalue weighted by Gasteiger charge is 2.23. The molecule has 0 aliphatic heterocycles. The number of rotatable bonds is 10. The fourth-order valence-electron chi connectivity index (χ4n) is 2.87. The number of ether oxygens (including phenoxy) is 1. The average Bonchev–Trinajstić information content (AvgIpc) is 2.74. The summed E-state index contributed by atoms with van der Waals surface area (Å²) in [5.74, 6) is 0.542. The number of nitrogens with one attached hydrogen (secondary N) is 1. The Bertz CT molecular complexity index is 1100. The van der Waals surface area contributed by atoms with E-state index in [0.29, 0.717) is 18.7 Å². The summed E-state index contributed by atoms with van der Waals surface area (Å²) >= 11 is 1.56. The number of benzene rings is 2. The molecule has 1 amide bonds. The van der Waals surface area contributed by atoms with Crippen LogP contribution >= 0.6 is 11.8 Å². The van der Waals surface area contributed by atoms with E-state index in [9.17, 15) is 23.3 Å². The molecule has 0 unspecified atom stereocenters. The third-order valence-electron chi connectivity index (χ3n) is 4.57. The standard InChI is InChI=1S/C22H30N4O6S2/c1-22(2,3)32-21(27)25(4)13-12-16(15-33-17-8-6-5-7-9-17)24-19-11-10-18(34(23,30)31)14-20(19)26(28)29/h5-11,14,16,24H,12-13,15H2,1-4H3,(H2,23,30,31)/t16-/m0/s1. The number of carbonyl (C=O) groups excluding carboxylic acids is 1. The maximum Gasteiger partial charge on any atom is 0.410 e. The van der Waals surface area contributed by atoms with Crippen molar-refractivity contribution in [2.45, 2.75) is 48.6 Å². The van der Waals surface area contributed by atoms with Gasteiger partial charge in [-0.1, -0.05) is 18.2 Å². The summed E-state index contributed by atoms with van der Waals surface area (Å²) < 4.78 is 28.6. The Hall–Kier alpha value is -2.83. The van der Waals surface area contributed by atoms with Gasteiger partial charge in [-0.15, -0.1) is 11.8 Å². The van der Waals surface area contributed by atoms with E-state index in [-0.39, 0.29) is 16.6 Å². The van der Waals surface area contributed by atoms with Gasteiger partial charge < -0.3 is 15.0 Å². The van der Waals surface area contributed by atoms with E-state index in [4.69, 9.17) is 9.88 Å². The maximum atomic E-state index is 12.3. The predicted octanol–water partition coefficient (Wildman–Crippen LogP) is 4.07. The number of amides is 1. The summed E-state index contributed by atoms with van der Waals surface area (Å²) in [5.41, 5.74) is -0.865. The van der Waals surface area contributed by atoms with Crippen LogP contribution in [0.2, 0.25) is 0 Å². The van der Waals surface area contributed by atoms with E-state index in [0.717, 1.165) is 11.0 Å². The van der Waals surface area contributed by atoms with Crippen LogP contribution in [0.3, 0.4) is 0 Å². The van der Waals surface area contributed by atoms with Crippen LogP contribution in [0.15, 0.2) is 58.3 Å². The molecule has 0 fully saturated rings. The number of sulfonamides is 1. The van der Waals surface area contributed by atoms with Crippen molar-refractivity contribution in [3.05, 3.63) is 58.6 Å². The molecular weight excluding hydrogens is 480 g/mol. The molecule has 2 aromatic rings. The van der Waals surface area contributed by atoms with E-state index in [1.807, 2.05) is 30.3 Å². The van der Waals surface area contributed by atoms with Gasteiger partial charge in [0.15, 0.2) is 0 Å². The first-order valence-electron chi connectivity index (χ1n) is 10.5. The van der Waals surface area contributed by atoms with E-state index in [1.54, 1.807) is 39.6 Å². The monoisotopic (exact) mass is 510 g/mol. The number of hydrogen-bond donors (Lipinski definition) is 2. The number of nitrogens with two attached hydrogens (primary N) is 1. The number of primary sulfonamides is 1. The molecule has 0 bridgehead atoms. The fraction of sp³-hybridized carbons (Fsp3) is 0.409. The van der Waals surface area contributed by atoms with Gasteiger partial charge in [0.2, 0.25) is 10.0 Å². The lowest BCUT2D eigenvalue weighted by molar-refractivity contribution is -0.384. The topological polar surface area (TPSA) is 145 Å². The average molecular weight is 511 g/mol. The summed E-state index contributed by atoms with van der Waals surface area (Å²) in [5, 5.41) is 19.9. The number of carbonyl (C=O) groups is 1. The highest BCUT2D eigenvalue weighted by atomic mass is 32.2. The first-order valence-corrected chi connectivity index (χ1v) is 13.0. The van der Waals surface area contributed by atoms with Gasteiger partial charge in [0.05, 0.1) is 9.82 Å². The molecular formula is C22H30N4O6S2. The highest BCUT2D eigenvalue weighted by molar-refractivity contribution is 7.99. The zero-order chi connectivity index (χ0) is 25.5. The fourth-order valence-corrected chi connectivity index (χ4v) is 4.40. The van der Waals surface area contributed by atoms with Crippen molar-refractivity contribution in [3.8, 4) is 0 Å². The lowest BCUT2D eigenvalue weighted by atomic mass is 10.2. The molecule has 0 saturated heterocycles. The van der Waals surface area contributed by atoms with Gasteiger partial charge in [0, 0.05) is 36.3 Å². The third kappa shape index (κ3) is 8.84. The minimum absolute atomic E-state index is 0.163. The molecule has 2 rings (SSSR count). The van der Waals surface area contributed by atoms with Gasteiger partial charge in [-0.2, -0.15) is 0 Å². The molecule has 0 saturated carbocycles. The lowest BCUT2D eigenvalue weighted by Crippen LogP contribution is -2.37. The van der Waals surface area contributed by atoms with Crippen LogP contribution in [-0.4, -0.2) is 55.3 Å². The Kier molecular flexibility index (Phi) is 9.30. The van der Waals surface area contributed by atoms with Crippen molar-refractivity contribution in [1.82, 2.24) is 4.90 Å². The van der Waals surface area contributed by atoms with Crippen molar-refractivity contribution < 1.29 is 22.9 Å². The molecule has 3 N–H and O–H groups in total. The van der Waals surface area contributed by atoms with Crippen molar-refractivity contribution >= 4 is 39.3 Å². The number of nitrogens with zero attached hydrogens (tertiary/aromatic N) is 2. The van der Waals surface area contributed by atoms with Gasteiger partial charge in [0.25, 0.3) is 5.69 Å². The summed E-state index contributed by atoms with van der Waals surface area (Å²) in [4.78, 5) is 25.4. The van der Waals surface area contributed by atoms with Crippen LogP contribution in [0, 0.1) is 10.1 Å². The van der Waals surface area contributed by atoms with Crippen molar-refractivity contribution in [3.63, 3.8) is 0 Å². The van der Waals surface area contributed by atoms with Gasteiger partial charge in [-0.3, -0.25) is 10.1 Å². The molecule has 12 heteroatoms. The van der Waals surface area contributed by atoms with Crippen LogP contribution in [0.4, 0.5) is 16.2 Å². The van der Waals surface area contributed by atoms with Gasteiger partial charge in [0.1, 0.15) is 11.3 Å². The highest BCUT2D eigenvalue weighted by Crippen LogP contribution is 2.29. The Labute approximate surface area is 204 Å². The first kappa shape index (κ1) is 27.4. The molecule has 10 nitrogen and oxygen atoms in total. The van der Waals surface area contributed by atoms with Crippen LogP contribution in [0.5, 0.6) is 0 Å². The second-order valence-electron chi connectivity index (χ2n) is 8.64. The zero-order valence-electron chi connectivity index (χ0n) is 19.6. The quantitative estimate of drug-likeness (QED) is 0.276. The van der Waals surface area contributed by atoms with Crippen LogP contribution < -0.4 is 10.5 Å². The number of nitro groups is 1. The summed E-state index contributed by atoms with van der Waals surface area (Å²) in [6, 6.07) is 12.9. The van der Waals surface area contributed by atoms with E-state index >= 15 is 0 Å². The predicted molar refractivity (Wildman–Crippen MR) is 133 cm³/mol. The number of anilines is 1. The number of thioether (sulfide) groups is 1. The van der Waals surface area contributed by atoms with Crippen LogP contribution in [-0.2, 0) is 14.8 Å². The minimum Gasteiger partial charge on any atom is -0.444 e. The maximum absolute atomic E-state index is 12.3. The number of hydrogen-bond acceptors (Lipinski definition) is 8. The van der Waals surface area contributed by atoms with Crippen molar-refractivity contribution in [2.24, 2.45) is 5.14 Å². The van der Waals surface area contributed by atoms with E-state index < -0.39 is 32.3 Å². The Morgan fingerprint density at radius 2 is 1.88 bits per heavy atom. The SMILES string of the molecule is CN(CC[C@@H](CSc1ccccc1)Nc1ccc(S(N)(=O)=O)cc1[N+](=O)[O-])C(=O)OC(C)(C)C. The summed E-state index contributed by atoms with van der Waals surface area (Å²) in [6.45, 7) is 5.68. The Morgan fingerprint density at radius 3 is 2.44 bits per heavy atom. The van der Waals surface area contributed by atoms with E-state index in [2.05, 4.69) is 5.32 Å². The zero-order valence-corrected chi connectivity index (χ0v) is 21.2. The summed E-state index contributed by atoms with van der Waals surface area (Å²) in [6.07, 6.45) is -0.00520. The largest absolute Gasteiger partial charge is 0.444 e. The first-order chi connectivity index (χ1) is 15.8. The minimum atomic E-state index is -4.09. The van der Waals surface area contributed by atoms with Gasteiger partial charge in [-0.05, 0) is 51.5 Å². The molecule has 34 heavy (non-hydrogen) atoms. The van der Waals surface area contributed by atoms with Gasteiger partial charge in [-0.25, -0.2) is 18.4 Å². The number of nitro benzene ring substituents is 1. The Balaban J connectivity index is 2.22. The molecule has 0 heterocycles. The molecule has 0 radical (unpaired) electrons. The smallest absolute Gasteiger partial charge is 0.410 e. The Morgan fingerprint density at radius 1 is 1.24 bits per heavy atom. The van der Waals surface area contributed by atoms with Gasteiger partial charge >= 0.3 is 6.09 Å². The molecule has 0 spiro atoms. The van der Waals surface area contributed by atoms with E-state index in [1.165, 1.54) is 17.0 Å². The molecule has 186 valence electrons. The molecule has 2 aromatic carbocycles. The van der Waals surface area contributed by atoms with Crippen molar-refractivity contribution in [1.29, 1.82) is 0 Å². The molecule has 1 atom stereocenters.